The molecule has 1 atom stereocenters. The molecule has 0 saturated carbocycles. The zero-order valence-electron chi connectivity index (χ0n) is 14.0. The minimum Gasteiger partial charge on any atom is -0.507 e. The van der Waals surface area contributed by atoms with Crippen molar-refractivity contribution in [2.24, 2.45) is 0 Å². The highest BCUT2D eigenvalue weighted by Gasteiger charge is 2.31. The van der Waals surface area contributed by atoms with Crippen LogP contribution in [0.1, 0.15) is 40.1 Å². The summed E-state index contributed by atoms with van der Waals surface area (Å²) in [7, 11) is 0. The number of phenols is 1. The first-order valence-corrected chi connectivity index (χ1v) is 8.44. The second-order valence-corrected chi connectivity index (χ2v) is 6.47. The average Bonchev–Trinajstić information content (AvgIpc) is 2.61. The van der Waals surface area contributed by atoms with Gasteiger partial charge in [-0.2, -0.15) is 0 Å². The largest absolute Gasteiger partial charge is 0.507 e. The minimum absolute atomic E-state index is 0.132. The molecule has 1 aliphatic heterocycles. The molecule has 1 aromatic heterocycles. The van der Waals surface area contributed by atoms with E-state index in [1.165, 1.54) is 23.2 Å². The van der Waals surface area contributed by atoms with Gasteiger partial charge in [0.05, 0.1) is 22.3 Å². The first kappa shape index (κ1) is 17.9. The van der Waals surface area contributed by atoms with Crippen molar-refractivity contribution < 1.29 is 19.8 Å². The van der Waals surface area contributed by atoms with Crippen LogP contribution < -0.4 is 0 Å². The number of aromatic hydroxyl groups is 1. The summed E-state index contributed by atoms with van der Waals surface area (Å²) in [5.41, 5.74) is 2.04. The lowest BCUT2D eigenvalue weighted by Gasteiger charge is -2.33. The van der Waals surface area contributed by atoms with Gasteiger partial charge in [0, 0.05) is 18.3 Å². The van der Waals surface area contributed by atoms with Crippen molar-refractivity contribution in [3.05, 3.63) is 63.9 Å². The van der Waals surface area contributed by atoms with Crippen LogP contribution in [0.4, 0.5) is 4.79 Å². The number of carbonyl (C=O) groups is 2. The number of nitrogens with zero attached hydrogens (tertiary/aromatic N) is 2. The van der Waals surface area contributed by atoms with Crippen molar-refractivity contribution in [1.82, 2.24) is 9.88 Å². The average molecular weight is 373 g/mol. The number of pyridine rings is 1. The van der Waals surface area contributed by atoms with Gasteiger partial charge >= 0.3 is 6.09 Å². The highest BCUT2D eigenvalue weighted by molar-refractivity contribution is 6.30. The molecule has 1 aliphatic rings. The maximum atomic E-state index is 12.5. The van der Waals surface area contributed by atoms with E-state index in [4.69, 9.17) is 11.6 Å². The zero-order chi connectivity index (χ0) is 18.8. The van der Waals surface area contributed by atoms with Crippen LogP contribution in [0.5, 0.6) is 5.75 Å². The molecule has 0 spiro atoms. The van der Waals surface area contributed by atoms with Crippen molar-refractivity contribution in [2.75, 3.05) is 6.54 Å². The fourth-order valence-corrected chi connectivity index (χ4v) is 3.23. The fraction of sp³-hybridized carbons (Fsp3) is 0.211. The summed E-state index contributed by atoms with van der Waals surface area (Å²) in [6.45, 7) is 2.06. The van der Waals surface area contributed by atoms with E-state index >= 15 is 0 Å². The van der Waals surface area contributed by atoms with Gasteiger partial charge in [0.15, 0.2) is 5.78 Å². The Labute approximate surface area is 155 Å². The third kappa shape index (κ3) is 3.41. The third-order valence-electron chi connectivity index (χ3n) is 4.48. The van der Waals surface area contributed by atoms with E-state index in [-0.39, 0.29) is 17.1 Å². The Morgan fingerprint density at radius 3 is 2.73 bits per heavy atom. The Morgan fingerprint density at radius 2 is 2.08 bits per heavy atom. The number of phenolic OH excluding ortho intramolecular Hbond substituents is 1. The molecule has 2 N–H and O–H groups in total. The quantitative estimate of drug-likeness (QED) is 0.629. The van der Waals surface area contributed by atoms with E-state index in [9.17, 15) is 19.8 Å². The first-order chi connectivity index (χ1) is 12.4. The zero-order valence-corrected chi connectivity index (χ0v) is 14.8. The number of amides is 1. The Morgan fingerprint density at radius 1 is 1.31 bits per heavy atom. The Balaban J connectivity index is 1.90. The van der Waals surface area contributed by atoms with Gasteiger partial charge in [-0.15, -0.1) is 0 Å². The summed E-state index contributed by atoms with van der Waals surface area (Å²) in [5, 5.41) is 20.4. The van der Waals surface area contributed by atoms with Gasteiger partial charge in [0.1, 0.15) is 5.75 Å². The van der Waals surface area contributed by atoms with Gasteiger partial charge in [-0.3, -0.25) is 9.78 Å². The molecule has 1 amide bonds. The molecule has 0 saturated heterocycles. The van der Waals surface area contributed by atoms with E-state index in [1.807, 2.05) is 0 Å². The molecule has 0 fully saturated rings. The second-order valence-electron chi connectivity index (χ2n) is 6.04. The van der Waals surface area contributed by atoms with Crippen molar-refractivity contribution in [3.63, 3.8) is 0 Å². The lowest BCUT2D eigenvalue weighted by Crippen LogP contribution is -2.38. The predicted octanol–water partition coefficient (Wildman–Crippen LogP) is 3.93. The maximum absolute atomic E-state index is 12.5. The lowest BCUT2D eigenvalue weighted by molar-refractivity contribution is 0.104. The van der Waals surface area contributed by atoms with Crippen LogP contribution in [-0.4, -0.2) is 38.5 Å². The molecule has 6 nitrogen and oxygen atoms in total. The number of carboxylic acid groups (broad SMARTS) is 1. The topological polar surface area (TPSA) is 90.7 Å². The van der Waals surface area contributed by atoms with Gasteiger partial charge in [0.2, 0.25) is 0 Å². The van der Waals surface area contributed by atoms with Crippen molar-refractivity contribution in [1.29, 1.82) is 0 Å². The smallest absolute Gasteiger partial charge is 0.407 e. The summed E-state index contributed by atoms with van der Waals surface area (Å²) < 4.78 is 0. The Bertz CT molecular complexity index is 893. The molecule has 0 radical (unpaired) electrons. The van der Waals surface area contributed by atoms with E-state index in [0.29, 0.717) is 29.2 Å². The molecule has 26 heavy (non-hydrogen) atoms. The predicted molar refractivity (Wildman–Crippen MR) is 97.6 cm³/mol. The molecule has 1 aromatic carbocycles. The SMILES string of the molecule is CC1c2c(ccc(C(=O)/C=C/c3ccc(Cl)cn3)c2O)CCN1C(=O)O. The standard InChI is InChI=1S/C19H17ClN2O4/c1-11-17-12(8-9-22(11)19(25)26)2-6-15(18(17)24)16(23)7-5-14-4-3-13(20)10-21-14/h2-7,10-11,24H,8-9H2,1H3,(H,25,26)/b7-5+. The highest BCUT2D eigenvalue weighted by Crippen LogP contribution is 2.38. The second kappa shape index (κ2) is 7.17. The molecule has 2 aromatic rings. The number of aromatic nitrogens is 1. The molecule has 0 aliphatic carbocycles. The van der Waals surface area contributed by atoms with Crippen LogP contribution in [0.25, 0.3) is 6.08 Å². The van der Waals surface area contributed by atoms with E-state index in [0.717, 1.165) is 5.56 Å². The van der Waals surface area contributed by atoms with Crippen LogP contribution in [0.2, 0.25) is 5.02 Å². The van der Waals surface area contributed by atoms with Gasteiger partial charge in [0.25, 0.3) is 0 Å². The number of benzene rings is 1. The summed E-state index contributed by atoms with van der Waals surface area (Å²) >= 11 is 5.77. The number of fused-ring (bicyclic) bond motifs is 1. The fourth-order valence-electron chi connectivity index (χ4n) is 3.12. The molecule has 134 valence electrons. The number of ketones is 1. The summed E-state index contributed by atoms with van der Waals surface area (Å²) in [6.07, 6.45) is 3.78. The lowest BCUT2D eigenvalue weighted by atomic mass is 9.90. The van der Waals surface area contributed by atoms with Crippen molar-refractivity contribution >= 4 is 29.6 Å². The Hall–Kier alpha value is -2.86. The minimum atomic E-state index is -1.05. The number of rotatable bonds is 3. The number of hydrogen-bond donors (Lipinski definition) is 2. The monoisotopic (exact) mass is 372 g/mol. The van der Waals surface area contributed by atoms with Crippen LogP contribution in [-0.2, 0) is 6.42 Å². The van der Waals surface area contributed by atoms with E-state index in [1.54, 1.807) is 31.2 Å². The summed E-state index contributed by atoms with van der Waals surface area (Å²) in [4.78, 5) is 29.1. The molecular formula is C19H17ClN2O4. The van der Waals surface area contributed by atoms with Crippen LogP contribution in [0.3, 0.4) is 0 Å². The number of hydrogen-bond acceptors (Lipinski definition) is 4. The molecular weight excluding hydrogens is 356 g/mol. The van der Waals surface area contributed by atoms with Gasteiger partial charge in [-0.05, 0) is 49.3 Å². The Kier molecular flexibility index (Phi) is 4.95. The normalized spacial score (nSPS) is 16.5. The van der Waals surface area contributed by atoms with Crippen molar-refractivity contribution in [3.8, 4) is 5.75 Å². The van der Waals surface area contributed by atoms with E-state index in [2.05, 4.69) is 4.98 Å². The highest BCUT2D eigenvalue weighted by atomic mass is 35.5. The molecule has 3 rings (SSSR count). The van der Waals surface area contributed by atoms with Crippen LogP contribution >= 0.6 is 11.6 Å². The summed E-state index contributed by atoms with van der Waals surface area (Å²) in [5.74, 6) is -0.554. The molecule has 0 bridgehead atoms. The molecule has 1 unspecified atom stereocenters. The maximum Gasteiger partial charge on any atom is 0.407 e. The summed E-state index contributed by atoms with van der Waals surface area (Å²) in [6, 6.07) is 6.15. The van der Waals surface area contributed by atoms with Crippen LogP contribution in [0.15, 0.2) is 36.5 Å². The van der Waals surface area contributed by atoms with Gasteiger partial charge < -0.3 is 15.1 Å². The number of carbonyl (C=O) groups excluding carboxylic acids is 1. The van der Waals surface area contributed by atoms with Gasteiger partial charge in [-0.25, -0.2) is 4.79 Å². The number of allylic oxidation sites excluding steroid dienone is 1. The first-order valence-electron chi connectivity index (χ1n) is 8.06. The third-order valence-corrected chi connectivity index (χ3v) is 4.71. The molecule has 7 heteroatoms. The van der Waals surface area contributed by atoms with Crippen molar-refractivity contribution in [2.45, 2.75) is 19.4 Å². The molecule has 2 heterocycles. The van der Waals surface area contributed by atoms with E-state index < -0.39 is 12.1 Å². The van der Waals surface area contributed by atoms with Gasteiger partial charge in [-0.1, -0.05) is 17.7 Å². The number of halogens is 1. The van der Waals surface area contributed by atoms with Crippen LogP contribution in [0, 0.1) is 0 Å².